The number of carbonyl (C=O) groups is 4. The Morgan fingerprint density at radius 3 is 2.40 bits per heavy atom. The Labute approximate surface area is 178 Å². The number of hydrogen-bond donors (Lipinski definition) is 1. The Morgan fingerprint density at radius 2 is 1.80 bits per heavy atom. The summed E-state index contributed by atoms with van der Waals surface area (Å²) in [6, 6.07) is 3.21. The molecule has 4 unspecified atom stereocenters. The van der Waals surface area contributed by atoms with Crippen molar-refractivity contribution in [1.82, 2.24) is 4.90 Å². The fraction of sp³-hybridized carbons (Fsp3) is 0.429. The highest BCUT2D eigenvalue weighted by Gasteiger charge is 2.59. The number of aryl methyl sites for hydroxylation is 1. The predicted octanol–water partition coefficient (Wildman–Crippen LogP) is 1.95. The summed E-state index contributed by atoms with van der Waals surface area (Å²) in [7, 11) is 1.44. The summed E-state index contributed by atoms with van der Waals surface area (Å²) in [5.41, 5.74) is 1.13. The summed E-state index contributed by atoms with van der Waals surface area (Å²) in [6.07, 6.45) is 4.78. The molecule has 0 aromatic heterocycles. The highest BCUT2D eigenvalue weighted by molar-refractivity contribution is 6.31. The number of fused-ring (bicyclic) bond motifs is 5. The van der Waals surface area contributed by atoms with Crippen molar-refractivity contribution in [2.45, 2.75) is 13.3 Å². The molecule has 1 N–H and O–H groups in total. The summed E-state index contributed by atoms with van der Waals surface area (Å²) in [5.74, 6) is -2.29. The average Bonchev–Trinajstić information content (AvgIpc) is 3.39. The largest absolute Gasteiger partial charge is 0.495 e. The van der Waals surface area contributed by atoms with Gasteiger partial charge in [0, 0.05) is 11.1 Å². The van der Waals surface area contributed by atoms with E-state index in [0.717, 1.165) is 16.9 Å². The van der Waals surface area contributed by atoms with Crippen molar-refractivity contribution in [3.63, 3.8) is 0 Å². The van der Waals surface area contributed by atoms with Gasteiger partial charge in [0.05, 0.1) is 24.6 Å². The molecular weight excluding hydrogens is 412 g/mol. The molecule has 4 atom stereocenters. The van der Waals surface area contributed by atoms with Gasteiger partial charge in [-0.2, -0.15) is 0 Å². The van der Waals surface area contributed by atoms with E-state index in [9.17, 15) is 19.2 Å². The Balaban J connectivity index is 1.31. The molecular formula is C21H21ClN2O6. The summed E-state index contributed by atoms with van der Waals surface area (Å²) in [4.78, 5) is 50.5. The van der Waals surface area contributed by atoms with E-state index in [1.165, 1.54) is 7.11 Å². The average molecular weight is 433 g/mol. The first-order chi connectivity index (χ1) is 14.3. The number of carbonyl (C=O) groups excluding carboxylic acids is 4. The minimum Gasteiger partial charge on any atom is -0.495 e. The number of likely N-dealkylation sites (tertiary alicyclic amines) is 1. The molecule has 8 nitrogen and oxygen atoms in total. The molecule has 9 heteroatoms. The first-order valence-corrected chi connectivity index (χ1v) is 10.0. The molecule has 1 aromatic rings. The van der Waals surface area contributed by atoms with Crippen LogP contribution in [0.5, 0.6) is 5.75 Å². The number of benzene rings is 1. The Bertz CT molecular complexity index is 944. The van der Waals surface area contributed by atoms with Gasteiger partial charge in [-0.05, 0) is 36.8 Å². The monoisotopic (exact) mass is 432 g/mol. The third kappa shape index (κ3) is 3.45. The number of nitrogens with one attached hydrogen (secondary N) is 1. The number of methoxy groups -OCH3 is 1. The lowest BCUT2D eigenvalue weighted by Crippen LogP contribution is -2.38. The van der Waals surface area contributed by atoms with Gasteiger partial charge in [-0.3, -0.25) is 24.1 Å². The van der Waals surface area contributed by atoms with E-state index >= 15 is 0 Å². The summed E-state index contributed by atoms with van der Waals surface area (Å²) in [5, 5.41) is 3.08. The lowest BCUT2D eigenvalue weighted by atomic mass is 9.85. The molecule has 1 saturated heterocycles. The van der Waals surface area contributed by atoms with Gasteiger partial charge in [-0.1, -0.05) is 23.8 Å². The van der Waals surface area contributed by atoms with Gasteiger partial charge in [0.25, 0.3) is 5.91 Å². The molecule has 0 radical (unpaired) electrons. The second-order valence-corrected chi connectivity index (χ2v) is 8.18. The van der Waals surface area contributed by atoms with Gasteiger partial charge in [0.15, 0.2) is 6.61 Å². The molecule has 30 heavy (non-hydrogen) atoms. The number of esters is 1. The van der Waals surface area contributed by atoms with Crippen molar-refractivity contribution in [3.05, 3.63) is 34.9 Å². The molecule has 1 saturated carbocycles. The van der Waals surface area contributed by atoms with Gasteiger partial charge < -0.3 is 14.8 Å². The van der Waals surface area contributed by atoms with E-state index in [-0.39, 0.29) is 35.5 Å². The molecule has 1 heterocycles. The number of halogens is 1. The SMILES string of the molecule is COc1cc(Cl)c(C)cc1NC(=O)COC(=O)CN1C(=O)C2C3C=CC(C3)C2C1=O. The van der Waals surface area contributed by atoms with Gasteiger partial charge in [-0.15, -0.1) is 0 Å². The predicted molar refractivity (Wildman–Crippen MR) is 107 cm³/mol. The fourth-order valence-corrected chi connectivity index (χ4v) is 4.71. The first-order valence-electron chi connectivity index (χ1n) is 9.63. The number of imide groups is 1. The lowest BCUT2D eigenvalue weighted by molar-refractivity contribution is -0.154. The Hall–Kier alpha value is -2.87. The van der Waals surface area contributed by atoms with Crippen LogP contribution in [0.15, 0.2) is 24.3 Å². The van der Waals surface area contributed by atoms with E-state index in [1.807, 2.05) is 12.2 Å². The van der Waals surface area contributed by atoms with Gasteiger partial charge >= 0.3 is 5.97 Å². The number of allylic oxidation sites excluding steroid dienone is 2. The van der Waals surface area contributed by atoms with Crippen LogP contribution in [-0.2, 0) is 23.9 Å². The zero-order chi connectivity index (χ0) is 21.6. The van der Waals surface area contributed by atoms with Crippen molar-refractivity contribution in [2.75, 3.05) is 25.6 Å². The van der Waals surface area contributed by atoms with Crippen LogP contribution in [0.25, 0.3) is 0 Å². The van der Waals surface area contributed by atoms with Gasteiger partial charge in [0.1, 0.15) is 12.3 Å². The number of anilines is 1. The van der Waals surface area contributed by atoms with Crippen LogP contribution in [0.2, 0.25) is 5.02 Å². The van der Waals surface area contributed by atoms with E-state index in [0.29, 0.717) is 16.5 Å². The zero-order valence-corrected chi connectivity index (χ0v) is 17.3. The normalized spacial score (nSPS) is 26.2. The minimum atomic E-state index is -0.814. The van der Waals surface area contributed by atoms with Crippen LogP contribution in [-0.4, -0.2) is 48.9 Å². The number of hydrogen-bond acceptors (Lipinski definition) is 6. The quantitative estimate of drug-likeness (QED) is 0.419. The lowest BCUT2D eigenvalue weighted by Gasteiger charge is -2.16. The van der Waals surface area contributed by atoms with Crippen LogP contribution >= 0.6 is 11.6 Å². The van der Waals surface area contributed by atoms with Crippen molar-refractivity contribution in [1.29, 1.82) is 0 Å². The molecule has 2 fully saturated rings. The minimum absolute atomic E-state index is 0.0704. The van der Waals surface area contributed by atoms with Crippen LogP contribution < -0.4 is 10.1 Å². The maximum absolute atomic E-state index is 12.6. The number of rotatable bonds is 6. The number of nitrogens with zero attached hydrogens (tertiary/aromatic N) is 1. The molecule has 4 rings (SSSR count). The Morgan fingerprint density at radius 1 is 1.17 bits per heavy atom. The molecule has 3 amide bonds. The summed E-state index contributed by atoms with van der Waals surface area (Å²) in [6.45, 7) is 0.735. The standard InChI is InChI=1S/C21H21ClN2O6/c1-10-5-14(15(29-2)7-13(10)22)23-16(25)9-30-17(26)8-24-20(27)18-11-3-4-12(6-11)19(18)21(24)28/h3-5,7,11-12,18-19H,6,8-9H2,1-2H3,(H,23,25). The molecule has 1 aliphatic heterocycles. The maximum Gasteiger partial charge on any atom is 0.326 e. The number of amides is 3. The second kappa shape index (κ2) is 7.75. The smallest absolute Gasteiger partial charge is 0.326 e. The van der Waals surface area contributed by atoms with Crippen molar-refractivity contribution in [2.24, 2.45) is 23.7 Å². The third-order valence-corrected chi connectivity index (χ3v) is 6.38. The molecule has 1 aromatic carbocycles. The van der Waals surface area contributed by atoms with Crippen molar-refractivity contribution < 1.29 is 28.7 Å². The van der Waals surface area contributed by atoms with Crippen LogP contribution in [0, 0.1) is 30.6 Å². The maximum atomic E-state index is 12.6. The molecule has 2 bridgehead atoms. The van der Waals surface area contributed by atoms with Gasteiger partial charge in [0.2, 0.25) is 11.8 Å². The van der Waals surface area contributed by atoms with E-state index in [1.54, 1.807) is 19.1 Å². The fourth-order valence-electron chi connectivity index (χ4n) is 4.56. The van der Waals surface area contributed by atoms with E-state index in [4.69, 9.17) is 21.1 Å². The van der Waals surface area contributed by atoms with Gasteiger partial charge in [-0.25, -0.2) is 0 Å². The number of ether oxygens (including phenoxy) is 2. The van der Waals surface area contributed by atoms with Crippen LogP contribution in [0.3, 0.4) is 0 Å². The Kier molecular flexibility index (Phi) is 5.27. The third-order valence-electron chi connectivity index (χ3n) is 5.97. The topological polar surface area (TPSA) is 102 Å². The second-order valence-electron chi connectivity index (χ2n) is 7.77. The molecule has 3 aliphatic rings. The van der Waals surface area contributed by atoms with Crippen molar-refractivity contribution in [3.8, 4) is 5.75 Å². The molecule has 2 aliphatic carbocycles. The van der Waals surface area contributed by atoms with Crippen LogP contribution in [0.1, 0.15) is 12.0 Å². The molecule has 0 spiro atoms. The summed E-state index contributed by atoms with van der Waals surface area (Å²) >= 11 is 6.04. The zero-order valence-electron chi connectivity index (χ0n) is 16.5. The van der Waals surface area contributed by atoms with E-state index in [2.05, 4.69) is 5.32 Å². The highest BCUT2D eigenvalue weighted by atomic mass is 35.5. The van der Waals surface area contributed by atoms with Crippen LogP contribution in [0.4, 0.5) is 5.69 Å². The molecule has 158 valence electrons. The summed E-state index contributed by atoms with van der Waals surface area (Å²) < 4.78 is 10.2. The highest BCUT2D eigenvalue weighted by Crippen LogP contribution is 2.52. The van der Waals surface area contributed by atoms with Crippen molar-refractivity contribution >= 4 is 41.0 Å². The first kappa shape index (κ1) is 20.4. The van der Waals surface area contributed by atoms with E-state index < -0.39 is 25.0 Å².